The first-order valence-electron chi connectivity index (χ1n) is 7.30. The summed E-state index contributed by atoms with van der Waals surface area (Å²) in [6.07, 6.45) is 0.368. The van der Waals surface area contributed by atoms with Crippen LogP contribution in [0.4, 0.5) is 5.69 Å². The maximum Gasteiger partial charge on any atom is 0.328 e. The van der Waals surface area contributed by atoms with Gasteiger partial charge in [0.25, 0.3) is 5.91 Å². The number of rotatable bonds is 5. The van der Waals surface area contributed by atoms with Crippen molar-refractivity contribution in [2.75, 3.05) is 12.8 Å². The lowest BCUT2D eigenvalue weighted by Gasteiger charge is -2.17. The van der Waals surface area contributed by atoms with E-state index in [-0.39, 0.29) is 5.91 Å². The number of nitrogens with one attached hydrogen (secondary N) is 1. The molecule has 0 aliphatic heterocycles. The molecule has 0 aromatic heterocycles. The molecule has 0 radical (unpaired) electrons. The average molecular weight is 312 g/mol. The van der Waals surface area contributed by atoms with E-state index in [9.17, 15) is 9.59 Å². The fourth-order valence-electron chi connectivity index (χ4n) is 2.24. The standard InChI is InChI=1S/C18H20N2O3/c1-12-10-14(8-9-15(12)19)17(21)20-16(18(22)23-2)11-13-6-4-3-5-7-13/h3-10,16H,11,19H2,1-2H3,(H,20,21)/t16-/m1/s1. The lowest BCUT2D eigenvalue weighted by molar-refractivity contribution is -0.142. The van der Waals surface area contributed by atoms with Crippen LogP contribution in [0.5, 0.6) is 0 Å². The highest BCUT2D eigenvalue weighted by Gasteiger charge is 2.22. The number of hydrogen-bond donors (Lipinski definition) is 2. The van der Waals surface area contributed by atoms with Crippen molar-refractivity contribution >= 4 is 17.6 Å². The molecule has 5 nitrogen and oxygen atoms in total. The topological polar surface area (TPSA) is 81.4 Å². The van der Waals surface area contributed by atoms with Crippen molar-refractivity contribution in [2.45, 2.75) is 19.4 Å². The highest BCUT2D eigenvalue weighted by atomic mass is 16.5. The van der Waals surface area contributed by atoms with E-state index >= 15 is 0 Å². The number of nitrogens with two attached hydrogens (primary N) is 1. The van der Waals surface area contributed by atoms with Gasteiger partial charge in [-0.2, -0.15) is 0 Å². The number of anilines is 1. The van der Waals surface area contributed by atoms with Gasteiger partial charge >= 0.3 is 5.97 Å². The Hall–Kier alpha value is -2.82. The Morgan fingerprint density at radius 3 is 2.48 bits per heavy atom. The third-order valence-electron chi connectivity index (χ3n) is 3.61. The van der Waals surface area contributed by atoms with Gasteiger partial charge in [0.05, 0.1) is 7.11 Å². The number of carbonyl (C=O) groups excluding carboxylic acids is 2. The number of hydrogen-bond acceptors (Lipinski definition) is 4. The Bertz CT molecular complexity index is 699. The molecule has 0 bridgehead atoms. The zero-order valence-corrected chi connectivity index (χ0v) is 13.2. The maximum absolute atomic E-state index is 12.4. The molecule has 23 heavy (non-hydrogen) atoms. The summed E-state index contributed by atoms with van der Waals surface area (Å²) in [4.78, 5) is 24.3. The number of nitrogen functional groups attached to an aromatic ring is 1. The molecule has 3 N–H and O–H groups in total. The van der Waals surface area contributed by atoms with Crippen LogP contribution < -0.4 is 11.1 Å². The SMILES string of the molecule is COC(=O)[C@@H](Cc1ccccc1)NC(=O)c1ccc(N)c(C)c1. The fraction of sp³-hybridized carbons (Fsp3) is 0.222. The summed E-state index contributed by atoms with van der Waals surface area (Å²) in [6, 6.07) is 13.7. The first-order valence-corrected chi connectivity index (χ1v) is 7.30. The molecule has 0 fully saturated rings. The Balaban J connectivity index is 2.15. The molecule has 0 heterocycles. The van der Waals surface area contributed by atoms with Crippen molar-refractivity contribution in [2.24, 2.45) is 0 Å². The number of esters is 1. The Morgan fingerprint density at radius 1 is 1.17 bits per heavy atom. The second kappa shape index (κ2) is 7.45. The molecule has 0 spiro atoms. The molecule has 5 heteroatoms. The highest BCUT2D eigenvalue weighted by molar-refractivity contribution is 5.97. The van der Waals surface area contributed by atoms with Gasteiger partial charge < -0.3 is 15.8 Å². The molecule has 0 aliphatic carbocycles. The molecule has 0 saturated heterocycles. The van der Waals surface area contributed by atoms with Crippen molar-refractivity contribution in [3.63, 3.8) is 0 Å². The van der Waals surface area contributed by atoms with E-state index in [1.165, 1.54) is 7.11 Å². The van der Waals surface area contributed by atoms with Crippen molar-refractivity contribution in [3.05, 3.63) is 65.2 Å². The molecule has 1 atom stereocenters. The van der Waals surface area contributed by atoms with Gasteiger partial charge in [0, 0.05) is 17.7 Å². The minimum atomic E-state index is -0.743. The van der Waals surface area contributed by atoms with Crippen LogP contribution in [0.2, 0.25) is 0 Å². The van der Waals surface area contributed by atoms with Crippen LogP contribution in [-0.2, 0) is 16.0 Å². The molecule has 2 aromatic carbocycles. The molecule has 2 rings (SSSR count). The van der Waals surface area contributed by atoms with Crippen molar-refractivity contribution in [1.29, 1.82) is 0 Å². The maximum atomic E-state index is 12.4. The third-order valence-corrected chi connectivity index (χ3v) is 3.61. The monoisotopic (exact) mass is 312 g/mol. The minimum absolute atomic E-state index is 0.334. The largest absolute Gasteiger partial charge is 0.467 e. The third kappa shape index (κ3) is 4.32. The van der Waals surface area contributed by atoms with E-state index in [0.717, 1.165) is 11.1 Å². The summed E-state index contributed by atoms with van der Waals surface area (Å²) in [5, 5.41) is 2.72. The van der Waals surface area contributed by atoms with Gasteiger partial charge in [-0.3, -0.25) is 4.79 Å². The summed E-state index contributed by atoms with van der Waals surface area (Å²) in [7, 11) is 1.31. The average Bonchev–Trinajstić information content (AvgIpc) is 2.56. The van der Waals surface area contributed by atoms with Crippen LogP contribution >= 0.6 is 0 Å². The van der Waals surface area contributed by atoms with E-state index in [1.54, 1.807) is 18.2 Å². The molecule has 120 valence electrons. The second-order valence-corrected chi connectivity index (χ2v) is 5.31. The Labute approximate surface area is 135 Å². The lowest BCUT2D eigenvalue weighted by atomic mass is 10.0. The van der Waals surface area contributed by atoms with Crippen LogP contribution in [0.15, 0.2) is 48.5 Å². The number of amides is 1. The van der Waals surface area contributed by atoms with E-state index in [1.807, 2.05) is 37.3 Å². The van der Waals surface area contributed by atoms with Crippen molar-refractivity contribution in [3.8, 4) is 0 Å². The predicted molar refractivity (Wildman–Crippen MR) is 89.0 cm³/mol. The van der Waals surface area contributed by atoms with Gasteiger partial charge in [-0.15, -0.1) is 0 Å². The van der Waals surface area contributed by atoms with E-state index < -0.39 is 12.0 Å². The van der Waals surface area contributed by atoms with Gasteiger partial charge in [-0.05, 0) is 36.2 Å². The number of carbonyl (C=O) groups is 2. The van der Waals surface area contributed by atoms with Crippen LogP contribution in [0.25, 0.3) is 0 Å². The molecule has 1 amide bonds. The van der Waals surface area contributed by atoms with Crippen LogP contribution in [0.1, 0.15) is 21.5 Å². The number of ether oxygens (including phenoxy) is 1. The van der Waals surface area contributed by atoms with E-state index in [0.29, 0.717) is 17.7 Å². The Kier molecular flexibility index (Phi) is 5.36. The van der Waals surface area contributed by atoms with Gasteiger partial charge in [0.2, 0.25) is 0 Å². The summed E-state index contributed by atoms with van der Waals surface area (Å²) < 4.78 is 4.79. The van der Waals surface area contributed by atoms with Crippen LogP contribution in [0, 0.1) is 6.92 Å². The quantitative estimate of drug-likeness (QED) is 0.654. The first kappa shape index (κ1) is 16.5. The van der Waals surface area contributed by atoms with Crippen LogP contribution in [0.3, 0.4) is 0 Å². The highest BCUT2D eigenvalue weighted by Crippen LogP contribution is 2.13. The molecule has 0 saturated carbocycles. The minimum Gasteiger partial charge on any atom is -0.467 e. The predicted octanol–water partition coefficient (Wildman–Crippen LogP) is 2.09. The second-order valence-electron chi connectivity index (χ2n) is 5.31. The number of benzene rings is 2. The van der Waals surface area contributed by atoms with Gasteiger partial charge in [0.1, 0.15) is 6.04 Å². The molecule has 0 aliphatic rings. The zero-order valence-electron chi connectivity index (χ0n) is 13.2. The first-order chi connectivity index (χ1) is 11.0. The van der Waals surface area contributed by atoms with Crippen molar-refractivity contribution in [1.82, 2.24) is 5.32 Å². The van der Waals surface area contributed by atoms with Crippen LogP contribution in [-0.4, -0.2) is 25.0 Å². The normalized spacial score (nSPS) is 11.6. The smallest absolute Gasteiger partial charge is 0.328 e. The van der Waals surface area contributed by atoms with E-state index in [2.05, 4.69) is 5.32 Å². The molecule has 2 aromatic rings. The summed E-state index contributed by atoms with van der Waals surface area (Å²) >= 11 is 0. The summed E-state index contributed by atoms with van der Waals surface area (Å²) in [5.74, 6) is -0.811. The van der Waals surface area contributed by atoms with Gasteiger partial charge in [-0.1, -0.05) is 30.3 Å². The van der Waals surface area contributed by atoms with Crippen molar-refractivity contribution < 1.29 is 14.3 Å². The summed E-state index contributed by atoms with van der Waals surface area (Å²) in [5.41, 5.74) is 8.59. The fourth-order valence-corrected chi connectivity index (χ4v) is 2.24. The van der Waals surface area contributed by atoms with E-state index in [4.69, 9.17) is 10.5 Å². The number of aryl methyl sites for hydroxylation is 1. The molecular weight excluding hydrogens is 292 g/mol. The van der Waals surface area contributed by atoms with Gasteiger partial charge in [-0.25, -0.2) is 4.79 Å². The lowest BCUT2D eigenvalue weighted by Crippen LogP contribution is -2.43. The molecule has 0 unspecified atom stereocenters. The number of methoxy groups -OCH3 is 1. The molecular formula is C18H20N2O3. The zero-order chi connectivity index (χ0) is 16.8. The van der Waals surface area contributed by atoms with Gasteiger partial charge in [0.15, 0.2) is 0 Å². The Morgan fingerprint density at radius 2 is 1.87 bits per heavy atom. The summed E-state index contributed by atoms with van der Waals surface area (Å²) in [6.45, 7) is 1.83.